The van der Waals surface area contributed by atoms with E-state index < -0.39 is 0 Å². The van der Waals surface area contributed by atoms with Gasteiger partial charge in [-0.15, -0.1) is 0 Å². The topological polar surface area (TPSA) is 41.1 Å². The van der Waals surface area contributed by atoms with Gasteiger partial charge in [0.15, 0.2) is 0 Å². The van der Waals surface area contributed by atoms with Crippen LogP contribution in [0.25, 0.3) is 0 Å². The molecule has 0 unspecified atom stereocenters. The maximum absolute atomic E-state index is 11.9. The number of anilines is 1. The first-order valence-corrected chi connectivity index (χ1v) is 8.15. The number of halogens is 2. The minimum Gasteiger partial charge on any atom is -0.374 e. The molecule has 2 aromatic rings. The molecule has 0 fully saturated rings. The normalized spacial score (nSPS) is 10.2. The highest BCUT2D eigenvalue weighted by Crippen LogP contribution is 2.31. The second-order valence-corrected chi connectivity index (χ2v) is 6.43. The maximum Gasteiger partial charge on any atom is 0.239 e. The fraction of sp³-hybridized carbons (Fsp3) is 0.188. The molecule has 5 heteroatoms. The lowest BCUT2D eigenvalue weighted by Gasteiger charge is -2.12. The van der Waals surface area contributed by atoms with Crippen LogP contribution in [0.4, 0.5) is 5.69 Å². The second-order valence-electron chi connectivity index (χ2n) is 4.72. The van der Waals surface area contributed by atoms with Crippen LogP contribution in [0.5, 0.6) is 0 Å². The zero-order chi connectivity index (χ0) is 15.2. The van der Waals surface area contributed by atoms with Crippen LogP contribution in [-0.4, -0.2) is 12.5 Å². The molecule has 0 aliphatic rings. The Kier molecular flexibility index (Phi) is 5.82. The number of hydrogen-bond acceptors (Lipinski definition) is 2. The number of benzene rings is 2. The highest BCUT2D eigenvalue weighted by atomic mass is 79.9. The van der Waals surface area contributed by atoms with Gasteiger partial charge in [0.05, 0.1) is 12.2 Å². The molecule has 0 radical (unpaired) electrons. The second kappa shape index (κ2) is 7.61. The summed E-state index contributed by atoms with van der Waals surface area (Å²) in [6.45, 7) is 2.79. The summed E-state index contributed by atoms with van der Waals surface area (Å²) in [7, 11) is 0. The van der Waals surface area contributed by atoms with E-state index >= 15 is 0 Å². The van der Waals surface area contributed by atoms with Gasteiger partial charge in [-0.2, -0.15) is 0 Å². The van der Waals surface area contributed by atoms with E-state index in [1.54, 1.807) is 0 Å². The molecule has 0 heterocycles. The van der Waals surface area contributed by atoms with Gasteiger partial charge >= 0.3 is 0 Å². The minimum absolute atomic E-state index is 0.0433. The summed E-state index contributed by atoms with van der Waals surface area (Å²) in [6.07, 6.45) is 0. The molecule has 2 N–H and O–H groups in total. The molecule has 110 valence electrons. The monoisotopic (exact) mass is 410 g/mol. The fourth-order valence-electron chi connectivity index (χ4n) is 1.90. The van der Waals surface area contributed by atoms with Crippen molar-refractivity contribution in [3.63, 3.8) is 0 Å². The number of rotatable bonds is 5. The number of nitrogens with one attached hydrogen (secondary N) is 2. The average Bonchev–Trinajstić information content (AvgIpc) is 2.45. The third kappa shape index (κ3) is 4.86. The van der Waals surface area contributed by atoms with Gasteiger partial charge in [0.2, 0.25) is 5.91 Å². The summed E-state index contributed by atoms with van der Waals surface area (Å²) in [5, 5.41) is 6.03. The van der Waals surface area contributed by atoms with E-state index in [0.717, 1.165) is 25.8 Å². The molecule has 2 rings (SSSR count). The first-order valence-electron chi connectivity index (χ1n) is 6.56. The molecule has 0 saturated heterocycles. The Balaban J connectivity index is 1.87. The van der Waals surface area contributed by atoms with Crippen molar-refractivity contribution in [3.8, 4) is 0 Å². The van der Waals surface area contributed by atoms with Crippen molar-refractivity contribution >= 4 is 43.5 Å². The van der Waals surface area contributed by atoms with Crippen LogP contribution in [0.15, 0.2) is 51.4 Å². The first kappa shape index (κ1) is 16.0. The predicted octanol–water partition coefficient (Wildman–Crippen LogP) is 4.25. The predicted molar refractivity (Wildman–Crippen MR) is 93.4 cm³/mol. The number of aryl methyl sites for hydroxylation is 1. The lowest BCUT2D eigenvalue weighted by Crippen LogP contribution is -2.29. The van der Waals surface area contributed by atoms with Crippen molar-refractivity contribution in [1.82, 2.24) is 5.32 Å². The third-order valence-corrected chi connectivity index (χ3v) is 4.20. The summed E-state index contributed by atoms with van der Waals surface area (Å²) in [5.74, 6) is -0.0433. The SMILES string of the molecule is Cc1cc(Br)c(NCC(=O)NCc2ccccc2)c(Br)c1. The Morgan fingerprint density at radius 1 is 1.10 bits per heavy atom. The average molecular weight is 412 g/mol. The lowest BCUT2D eigenvalue weighted by molar-refractivity contribution is -0.119. The van der Waals surface area contributed by atoms with Crippen molar-refractivity contribution in [2.24, 2.45) is 0 Å². The highest BCUT2D eigenvalue weighted by Gasteiger charge is 2.08. The lowest BCUT2D eigenvalue weighted by atomic mass is 10.2. The summed E-state index contributed by atoms with van der Waals surface area (Å²) in [6, 6.07) is 13.9. The largest absolute Gasteiger partial charge is 0.374 e. The first-order chi connectivity index (χ1) is 10.1. The van der Waals surface area contributed by atoms with E-state index in [1.165, 1.54) is 0 Å². The standard InChI is InChI=1S/C16H16Br2N2O/c1-11-7-13(17)16(14(18)8-11)20-10-15(21)19-9-12-5-3-2-4-6-12/h2-8,20H,9-10H2,1H3,(H,19,21). The molecule has 0 aliphatic carbocycles. The smallest absolute Gasteiger partial charge is 0.239 e. The molecule has 3 nitrogen and oxygen atoms in total. The van der Waals surface area contributed by atoms with Crippen LogP contribution in [0, 0.1) is 6.92 Å². The molecular weight excluding hydrogens is 396 g/mol. The summed E-state index contributed by atoms with van der Waals surface area (Å²) < 4.78 is 1.87. The van der Waals surface area contributed by atoms with Crippen molar-refractivity contribution < 1.29 is 4.79 Å². The fourth-order valence-corrected chi connectivity index (χ4v) is 3.59. The Morgan fingerprint density at radius 2 is 1.71 bits per heavy atom. The van der Waals surface area contributed by atoms with Crippen LogP contribution < -0.4 is 10.6 Å². The zero-order valence-electron chi connectivity index (χ0n) is 11.6. The third-order valence-electron chi connectivity index (χ3n) is 2.94. The van der Waals surface area contributed by atoms with Crippen LogP contribution >= 0.6 is 31.9 Å². The Hall–Kier alpha value is -1.33. The van der Waals surface area contributed by atoms with Gasteiger partial charge < -0.3 is 10.6 Å². The summed E-state index contributed by atoms with van der Waals surface area (Å²) in [4.78, 5) is 11.9. The van der Waals surface area contributed by atoms with Crippen molar-refractivity contribution in [2.45, 2.75) is 13.5 Å². The quantitative estimate of drug-likeness (QED) is 0.772. The molecule has 0 saturated carbocycles. The number of amides is 1. The van der Waals surface area contributed by atoms with Gasteiger partial charge in [-0.05, 0) is 62.0 Å². The zero-order valence-corrected chi connectivity index (χ0v) is 14.8. The summed E-state index contributed by atoms with van der Waals surface area (Å²) in [5.41, 5.74) is 3.12. The molecular formula is C16H16Br2N2O. The van der Waals surface area contributed by atoms with Crippen LogP contribution in [0.3, 0.4) is 0 Å². The van der Waals surface area contributed by atoms with Gasteiger partial charge in [-0.1, -0.05) is 30.3 Å². The molecule has 21 heavy (non-hydrogen) atoms. The Morgan fingerprint density at radius 3 is 2.33 bits per heavy atom. The number of carbonyl (C=O) groups is 1. The van der Waals surface area contributed by atoms with Gasteiger partial charge in [-0.3, -0.25) is 4.79 Å². The minimum atomic E-state index is -0.0433. The van der Waals surface area contributed by atoms with Crippen LogP contribution in [-0.2, 0) is 11.3 Å². The van der Waals surface area contributed by atoms with E-state index in [-0.39, 0.29) is 12.5 Å². The number of carbonyl (C=O) groups excluding carboxylic acids is 1. The van der Waals surface area contributed by atoms with Gasteiger partial charge in [0.25, 0.3) is 0 Å². The van der Waals surface area contributed by atoms with Gasteiger partial charge in [-0.25, -0.2) is 0 Å². The highest BCUT2D eigenvalue weighted by molar-refractivity contribution is 9.11. The molecule has 2 aromatic carbocycles. The number of hydrogen-bond donors (Lipinski definition) is 2. The molecule has 1 amide bonds. The van der Waals surface area contributed by atoms with E-state index in [0.29, 0.717) is 6.54 Å². The van der Waals surface area contributed by atoms with Gasteiger partial charge in [0.1, 0.15) is 0 Å². The molecule has 0 spiro atoms. The van der Waals surface area contributed by atoms with E-state index in [1.807, 2.05) is 49.4 Å². The van der Waals surface area contributed by atoms with Gasteiger partial charge in [0, 0.05) is 15.5 Å². The van der Waals surface area contributed by atoms with Crippen molar-refractivity contribution in [1.29, 1.82) is 0 Å². The molecule has 0 aromatic heterocycles. The van der Waals surface area contributed by atoms with Crippen LogP contribution in [0.2, 0.25) is 0 Å². The Bertz CT molecular complexity index is 606. The van der Waals surface area contributed by atoms with E-state index in [9.17, 15) is 4.79 Å². The summed E-state index contributed by atoms with van der Waals surface area (Å²) >= 11 is 7.00. The Labute approximate surface area is 141 Å². The van der Waals surface area contributed by atoms with Crippen molar-refractivity contribution in [2.75, 3.05) is 11.9 Å². The maximum atomic E-state index is 11.9. The van der Waals surface area contributed by atoms with Crippen molar-refractivity contribution in [3.05, 3.63) is 62.5 Å². The molecule has 0 atom stereocenters. The molecule has 0 bridgehead atoms. The molecule has 0 aliphatic heterocycles. The van der Waals surface area contributed by atoms with E-state index in [4.69, 9.17) is 0 Å². The van der Waals surface area contributed by atoms with Crippen LogP contribution in [0.1, 0.15) is 11.1 Å². The van der Waals surface area contributed by atoms with E-state index in [2.05, 4.69) is 42.5 Å².